The number of amides is 2. The Morgan fingerprint density at radius 3 is 2.92 bits per heavy atom. The second kappa shape index (κ2) is 9.59. The van der Waals surface area contributed by atoms with Crippen LogP contribution in [0.15, 0.2) is 24.3 Å². The minimum atomic E-state index is -1.05. The van der Waals surface area contributed by atoms with Crippen LogP contribution in [-0.2, 0) is 0 Å². The fourth-order valence-corrected chi connectivity index (χ4v) is 3.24. The number of aliphatic hydroxyl groups excluding tert-OH is 1. The molecule has 1 saturated heterocycles. The third-order valence-corrected chi connectivity index (χ3v) is 4.63. The zero-order chi connectivity index (χ0) is 17.4. The molecule has 0 radical (unpaired) electrons. The number of aliphatic hydroxyl groups is 1. The highest BCUT2D eigenvalue weighted by molar-refractivity contribution is 5.73. The van der Waals surface area contributed by atoms with Crippen molar-refractivity contribution in [2.75, 3.05) is 26.2 Å². The molecule has 0 aliphatic carbocycles. The molecule has 2 amide bonds. The molecule has 24 heavy (non-hydrogen) atoms. The van der Waals surface area contributed by atoms with E-state index < -0.39 is 11.9 Å². The highest BCUT2D eigenvalue weighted by Gasteiger charge is 2.20. The molecule has 5 nitrogen and oxygen atoms in total. The molecule has 6 heteroatoms. The van der Waals surface area contributed by atoms with Gasteiger partial charge in [0, 0.05) is 31.2 Å². The van der Waals surface area contributed by atoms with Gasteiger partial charge in [-0.15, -0.1) is 0 Å². The third kappa shape index (κ3) is 5.46. The van der Waals surface area contributed by atoms with Crippen LogP contribution in [-0.4, -0.2) is 48.3 Å². The molecule has 1 fully saturated rings. The zero-order valence-electron chi connectivity index (χ0n) is 14.3. The summed E-state index contributed by atoms with van der Waals surface area (Å²) in [6, 6.07) is 6.31. The van der Waals surface area contributed by atoms with E-state index in [1.165, 1.54) is 31.4 Å². The maximum Gasteiger partial charge on any atom is 0.314 e. The summed E-state index contributed by atoms with van der Waals surface area (Å²) in [6.45, 7) is 4.68. The van der Waals surface area contributed by atoms with Gasteiger partial charge < -0.3 is 15.7 Å². The van der Waals surface area contributed by atoms with Crippen molar-refractivity contribution >= 4 is 6.03 Å². The van der Waals surface area contributed by atoms with Crippen molar-refractivity contribution in [3.8, 4) is 0 Å². The molecular formula is C18H28FN3O2. The zero-order valence-corrected chi connectivity index (χ0v) is 14.3. The molecule has 0 spiro atoms. The van der Waals surface area contributed by atoms with E-state index >= 15 is 0 Å². The summed E-state index contributed by atoms with van der Waals surface area (Å²) in [7, 11) is 0. The monoisotopic (exact) mass is 337 g/mol. The van der Waals surface area contributed by atoms with Gasteiger partial charge in [-0.1, -0.05) is 31.5 Å². The Morgan fingerprint density at radius 1 is 1.38 bits per heavy atom. The number of carbonyl (C=O) groups is 1. The summed E-state index contributed by atoms with van der Waals surface area (Å²) in [6.07, 6.45) is 3.83. The lowest BCUT2D eigenvalue weighted by Crippen LogP contribution is -2.45. The van der Waals surface area contributed by atoms with Gasteiger partial charge in [-0.2, -0.15) is 0 Å². The normalized spacial score (nSPS) is 19.7. The van der Waals surface area contributed by atoms with Gasteiger partial charge in [0.25, 0.3) is 0 Å². The summed E-state index contributed by atoms with van der Waals surface area (Å²) in [4.78, 5) is 14.2. The van der Waals surface area contributed by atoms with Crippen LogP contribution >= 0.6 is 0 Å². The van der Waals surface area contributed by atoms with Gasteiger partial charge in [-0.05, 0) is 31.9 Å². The third-order valence-electron chi connectivity index (χ3n) is 4.63. The molecule has 134 valence electrons. The first-order chi connectivity index (χ1) is 11.6. The fourth-order valence-electron chi connectivity index (χ4n) is 3.24. The van der Waals surface area contributed by atoms with Crippen molar-refractivity contribution in [2.45, 2.75) is 44.8 Å². The standard InChI is InChI=1S/C18H28FN3O2/c1-2-14-7-5-6-11-22(14)12-10-20-18(24)21-13-17(23)15-8-3-4-9-16(15)19/h3-4,8-9,14,17,23H,2,5-7,10-13H2,1H3,(H2,20,21,24). The summed E-state index contributed by atoms with van der Waals surface area (Å²) in [5, 5.41) is 15.3. The molecule has 1 heterocycles. The van der Waals surface area contributed by atoms with Gasteiger partial charge in [-0.3, -0.25) is 4.90 Å². The van der Waals surface area contributed by atoms with Crippen LogP contribution in [0.25, 0.3) is 0 Å². The van der Waals surface area contributed by atoms with Crippen LogP contribution in [0.4, 0.5) is 9.18 Å². The number of carbonyl (C=O) groups excluding carboxylic acids is 1. The maximum absolute atomic E-state index is 13.5. The van der Waals surface area contributed by atoms with Gasteiger partial charge in [-0.25, -0.2) is 9.18 Å². The van der Waals surface area contributed by atoms with E-state index in [1.54, 1.807) is 12.1 Å². The lowest BCUT2D eigenvalue weighted by molar-refractivity contribution is 0.144. The van der Waals surface area contributed by atoms with E-state index in [-0.39, 0.29) is 18.1 Å². The van der Waals surface area contributed by atoms with Crippen molar-refractivity contribution < 1.29 is 14.3 Å². The molecule has 3 N–H and O–H groups in total. The van der Waals surface area contributed by atoms with Crippen LogP contribution in [0.5, 0.6) is 0 Å². The molecule has 2 unspecified atom stereocenters. The van der Waals surface area contributed by atoms with E-state index in [9.17, 15) is 14.3 Å². The Hall–Kier alpha value is -1.66. The van der Waals surface area contributed by atoms with E-state index in [2.05, 4.69) is 22.5 Å². The van der Waals surface area contributed by atoms with Gasteiger partial charge in [0.2, 0.25) is 0 Å². The Labute approximate surface area is 143 Å². The Bertz CT molecular complexity index is 527. The summed E-state index contributed by atoms with van der Waals surface area (Å²) >= 11 is 0. The molecule has 2 rings (SSSR count). The number of halogens is 1. The van der Waals surface area contributed by atoms with Crippen molar-refractivity contribution in [3.63, 3.8) is 0 Å². The van der Waals surface area contributed by atoms with E-state index in [4.69, 9.17) is 0 Å². The van der Waals surface area contributed by atoms with Crippen LogP contribution < -0.4 is 10.6 Å². The SMILES string of the molecule is CCC1CCCCN1CCNC(=O)NCC(O)c1ccccc1F. The second-order valence-corrected chi connectivity index (χ2v) is 6.27. The second-order valence-electron chi connectivity index (χ2n) is 6.27. The number of nitrogens with zero attached hydrogens (tertiary/aromatic N) is 1. The first kappa shape index (κ1) is 18.7. The summed E-state index contributed by atoms with van der Waals surface area (Å²) in [5.41, 5.74) is 0.192. The molecule has 1 aromatic carbocycles. The molecule has 0 aromatic heterocycles. The highest BCUT2D eigenvalue weighted by atomic mass is 19.1. The van der Waals surface area contributed by atoms with Crippen LogP contribution in [0.3, 0.4) is 0 Å². The number of rotatable bonds is 7. The van der Waals surface area contributed by atoms with Gasteiger partial charge in [0.1, 0.15) is 5.82 Å². The number of benzene rings is 1. The molecular weight excluding hydrogens is 309 g/mol. The van der Waals surface area contributed by atoms with Crippen LogP contribution in [0.2, 0.25) is 0 Å². The smallest absolute Gasteiger partial charge is 0.314 e. The maximum atomic E-state index is 13.5. The van der Waals surface area contributed by atoms with Crippen molar-refractivity contribution in [3.05, 3.63) is 35.6 Å². The molecule has 1 aliphatic heterocycles. The predicted molar refractivity (Wildman–Crippen MR) is 92.3 cm³/mol. The van der Waals surface area contributed by atoms with Crippen molar-refractivity contribution in [1.82, 2.24) is 15.5 Å². The number of piperidine rings is 1. The molecule has 1 aliphatic rings. The molecule has 0 saturated carbocycles. The molecule has 2 atom stereocenters. The summed E-state index contributed by atoms with van der Waals surface area (Å²) in [5.74, 6) is -0.470. The predicted octanol–water partition coefficient (Wildman–Crippen LogP) is 2.42. The summed E-state index contributed by atoms with van der Waals surface area (Å²) < 4.78 is 13.5. The number of hydrogen-bond donors (Lipinski definition) is 3. The van der Waals surface area contributed by atoms with E-state index in [0.717, 1.165) is 19.5 Å². The Kier molecular flexibility index (Phi) is 7.46. The van der Waals surface area contributed by atoms with Crippen LogP contribution in [0, 0.1) is 5.82 Å². The first-order valence-electron chi connectivity index (χ1n) is 8.80. The highest BCUT2D eigenvalue weighted by Crippen LogP contribution is 2.18. The largest absolute Gasteiger partial charge is 0.386 e. The number of urea groups is 1. The van der Waals surface area contributed by atoms with E-state index in [1.807, 2.05) is 0 Å². The number of nitrogens with one attached hydrogen (secondary N) is 2. The number of likely N-dealkylation sites (tertiary alicyclic amines) is 1. The minimum absolute atomic E-state index is 0.0198. The Morgan fingerprint density at radius 2 is 2.17 bits per heavy atom. The van der Waals surface area contributed by atoms with Crippen molar-refractivity contribution in [1.29, 1.82) is 0 Å². The fraction of sp³-hybridized carbons (Fsp3) is 0.611. The van der Waals surface area contributed by atoms with Gasteiger partial charge in [0.15, 0.2) is 0 Å². The average Bonchev–Trinajstić information content (AvgIpc) is 2.60. The van der Waals surface area contributed by atoms with Gasteiger partial charge in [0.05, 0.1) is 6.10 Å². The topological polar surface area (TPSA) is 64.6 Å². The quantitative estimate of drug-likeness (QED) is 0.716. The Balaban J connectivity index is 1.67. The molecule has 0 bridgehead atoms. The van der Waals surface area contributed by atoms with Gasteiger partial charge >= 0.3 is 6.03 Å². The lowest BCUT2D eigenvalue weighted by atomic mass is 10.0. The lowest BCUT2D eigenvalue weighted by Gasteiger charge is -2.35. The molecule has 1 aromatic rings. The first-order valence-corrected chi connectivity index (χ1v) is 8.80. The minimum Gasteiger partial charge on any atom is -0.386 e. The average molecular weight is 337 g/mol. The van der Waals surface area contributed by atoms with Crippen LogP contribution in [0.1, 0.15) is 44.3 Å². The number of hydrogen-bond acceptors (Lipinski definition) is 3. The van der Waals surface area contributed by atoms with Crippen molar-refractivity contribution in [2.24, 2.45) is 0 Å². The van der Waals surface area contributed by atoms with E-state index in [0.29, 0.717) is 12.6 Å².